The number of unbranched alkanes of at least 4 members (excludes halogenated alkanes) is 1. The summed E-state index contributed by atoms with van der Waals surface area (Å²) in [7, 11) is 4.92. The maximum absolute atomic E-state index is 11.5. The van der Waals surface area contributed by atoms with E-state index in [4.69, 9.17) is 9.47 Å². The van der Waals surface area contributed by atoms with Crippen molar-refractivity contribution in [3.8, 4) is 11.5 Å². The highest BCUT2D eigenvalue weighted by Crippen LogP contribution is 2.31. The highest BCUT2D eigenvalue weighted by atomic mass is 16.5. The molecule has 20 heavy (non-hydrogen) atoms. The highest BCUT2D eigenvalue weighted by Gasteiger charge is 2.25. The van der Waals surface area contributed by atoms with Gasteiger partial charge in [-0.3, -0.25) is 9.69 Å². The van der Waals surface area contributed by atoms with Gasteiger partial charge in [-0.15, -0.1) is 0 Å². The largest absolute Gasteiger partial charge is 0.493 e. The first-order valence-electron chi connectivity index (χ1n) is 6.70. The van der Waals surface area contributed by atoms with Gasteiger partial charge in [0.05, 0.1) is 14.2 Å². The number of ether oxygens (including phenoxy) is 2. The van der Waals surface area contributed by atoms with Crippen LogP contribution >= 0.6 is 0 Å². The molecule has 0 aliphatic rings. The Labute approximate surface area is 120 Å². The number of nitrogens with zero attached hydrogens (tertiary/aromatic N) is 1. The normalized spacial score (nSPS) is 12.2. The molecule has 0 fully saturated rings. The van der Waals surface area contributed by atoms with E-state index in [1.807, 2.05) is 11.9 Å². The van der Waals surface area contributed by atoms with Crippen LogP contribution < -0.4 is 9.47 Å². The first-order chi connectivity index (χ1) is 9.54. The third kappa shape index (κ3) is 3.87. The van der Waals surface area contributed by atoms with E-state index in [1.54, 1.807) is 25.3 Å². The maximum Gasteiger partial charge on any atom is 0.325 e. The molecule has 0 aromatic heterocycles. The van der Waals surface area contributed by atoms with E-state index >= 15 is 0 Å². The standard InChI is InChI=1S/C15H23NO4/c1-5-6-9-16(2)14(15(17)18)11-7-8-12(19-3)13(10-11)20-4/h7-8,10,14H,5-6,9H2,1-4H3,(H,17,18). The molecule has 1 N–H and O–H groups in total. The van der Waals surface area contributed by atoms with Crippen LogP contribution in [0.25, 0.3) is 0 Å². The van der Waals surface area contributed by atoms with Crippen molar-refractivity contribution in [2.24, 2.45) is 0 Å². The van der Waals surface area contributed by atoms with Crippen molar-refractivity contribution in [2.75, 3.05) is 27.8 Å². The Bertz CT molecular complexity index is 447. The van der Waals surface area contributed by atoms with Gasteiger partial charge < -0.3 is 14.6 Å². The van der Waals surface area contributed by atoms with Gasteiger partial charge in [-0.25, -0.2) is 0 Å². The number of rotatable bonds is 8. The second kappa shape index (κ2) is 7.75. The fraction of sp³-hybridized carbons (Fsp3) is 0.533. The molecule has 112 valence electrons. The molecule has 5 nitrogen and oxygen atoms in total. The zero-order valence-corrected chi connectivity index (χ0v) is 12.5. The van der Waals surface area contributed by atoms with Crippen molar-refractivity contribution < 1.29 is 19.4 Å². The van der Waals surface area contributed by atoms with Crippen LogP contribution in [0.15, 0.2) is 18.2 Å². The Hall–Kier alpha value is -1.75. The first kappa shape index (κ1) is 16.3. The lowest BCUT2D eigenvalue weighted by Crippen LogP contribution is -2.31. The number of carboxylic acids is 1. The number of benzene rings is 1. The van der Waals surface area contributed by atoms with Gasteiger partial charge in [0.15, 0.2) is 11.5 Å². The quantitative estimate of drug-likeness (QED) is 0.793. The minimum Gasteiger partial charge on any atom is -0.493 e. The fourth-order valence-electron chi connectivity index (χ4n) is 2.15. The Balaban J connectivity index is 3.05. The smallest absolute Gasteiger partial charge is 0.325 e. The summed E-state index contributed by atoms with van der Waals surface area (Å²) < 4.78 is 10.4. The summed E-state index contributed by atoms with van der Waals surface area (Å²) in [5.74, 6) is 0.271. The van der Waals surface area contributed by atoms with Crippen molar-refractivity contribution in [3.05, 3.63) is 23.8 Å². The van der Waals surface area contributed by atoms with E-state index in [0.29, 0.717) is 17.1 Å². The lowest BCUT2D eigenvalue weighted by molar-refractivity contribution is -0.143. The van der Waals surface area contributed by atoms with Crippen LogP contribution in [-0.4, -0.2) is 43.8 Å². The predicted molar refractivity (Wildman–Crippen MR) is 77.5 cm³/mol. The fourth-order valence-corrected chi connectivity index (χ4v) is 2.15. The van der Waals surface area contributed by atoms with Crippen molar-refractivity contribution in [2.45, 2.75) is 25.8 Å². The summed E-state index contributed by atoms with van der Waals surface area (Å²) in [4.78, 5) is 13.4. The van der Waals surface area contributed by atoms with Gasteiger partial charge in [-0.1, -0.05) is 19.4 Å². The lowest BCUT2D eigenvalue weighted by atomic mass is 10.0. The molecule has 1 aromatic carbocycles. The molecule has 0 aliphatic carbocycles. The van der Waals surface area contributed by atoms with Crippen LogP contribution in [0.4, 0.5) is 0 Å². The average Bonchev–Trinajstić information content (AvgIpc) is 2.44. The van der Waals surface area contributed by atoms with E-state index in [9.17, 15) is 9.90 Å². The molecule has 5 heteroatoms. The van der Waals surface area contributed by atoms with Crippen LogP contribution in [0.1, 0.15) is 31.4 Å². The van der Waals surface area contributed by atoms with Gasteiger partial charge in [0.25, 0.3) is 0 Å². The summed E-state index contributed by atoms with van der Waals surface area (Å²) in [6.07, 6.45) is 2.00. The third-order valence-corrected chi connectivity index (χ3v) is 3.26. The number of carbonyl (C=O) groups is 1. The average molecular weight is 281 g/mol. The maximum atomic E-state index is 11.5. The Kier molecular flexibility index (Phi) is 6.31. The second-order valence-corrected chi connectivity index (χ2v) is 4.69. The van der Waals surface area contributed by atoms with E-state index in [0.717, 1.165) is 19.4 Å². The zero-order chi connectivity index (χ0) is 15.1. The number of hydrogen-bond acceptors (Lipinski definition) is 4. The number of methoxy groups -OCH3 is 2. The van der Waals surface area contributed by atoms with Crippen LogP contribution in [-0.2, 0) is 4.79 Å². The van der Waals surface area contributed by atoms with Crippen molar-refractivity contribution in [1.82, 2.24) is 4.90 Å². The van der Waals surface area contributed by atoms with E-state index < -0.39 is 12.0 Å². The van der Waals surface area contributed by atoms with Crippen molar-refractivity contribution in [1.29, 1.82) is 0 Å². The zero-order valence-electron chi connectivity index (χ0n) is 12.5. The minimum absolute atomic E-state index is 0.542. The van der Waals surface area contributed by atoms with Crippen molar-refractivity contribution in [3.63, 3.8) is 0 Å². The molecule has 1 aromatic rings. The van der Waals surface area contributed by atoms with Crippen LogP contribution in [0.3, 0.4) is 0 Å². The summed E-state index contributed by atoms with van der Waals surface area (Å²) in [6.45, 7) is 2.82. The van der Waals surface area contributed by atoms with Gasteiger partial charge in [-0.05, 0) is 37.7 Å². The third-order valence-electron chi connectivity index (χ3n) is 3.26. The Morgan fingerprint density at radius 2 is 1.95 bits per heavy atom. The monoisotopic (exact) mass is 281 g/mol. The molecule has 0 saturated carbocycles. The molecule has 0 radical (unpaired) electrons. The molecule has 1 rings (SSSR count). The topological polar surface area (TPSA) is 59.0 Å². The lowest BCUT2D eigenvalue weighted by Gasteiger charge is -2.25. The van der Waals surface area contributed by atoms with E-state index in [1.165, 1.54) is 7.11 Å². The second-order valence-electron chi connectivity index (χ2n) is 4.69. The Morgan fingerprint density at radius 1 is 1.30 bits per heavy atom. The SMILES string of the molecule is CCCCN(C)C(C(=O)O)c1ccc(OC)c(OC)c1. The van der Waals surface area contributed by atoms with E-state index in [-0.39, 0.29) is 0 Å². The predicted octanol–water partition coefficient (Wildman–Crippen LogP) is 2.56. The highest BCUT2D eigenvalue weighted by molar-refractivity contribution is 5.76. The summed E-state index contributed by atoms with van der Waals surface area (Å²) in [5.41, 5.74) is 0.689. The summed E-state index contributed by atoms with van der Waals surface area (Å²) in [6, 6.07) is 4.54. The molecular formula is C15H23NO4. The molecule has 0 aliphatic heterocycles. The molecular weight excluding hydrogens is 258 g/mol. The number of aliphatic carboxylic acids is 1. The van der Waals surface area contributed by atoms with Crippen LogP contribution in [0.5, 0.6) is 11.5 Å². The Morgan fingerprint density at radius 3 is 2.45 bits per heavy atom. The minimum atomic E-state index is -0.865. The molecule has 0 bridgehead atoms. The van der Waals surface area contributed by atoms with Crippen molar-refractivity contribution >= 4 is 5.97 Å². The van der Waals surface area contributed by atoms with Gasteiger partial charge in [-0.2, -0.15) is 0 Å². The number of likely N-dealkylation sites (N-methyl/N-ethyl adjacent to an activating group) is 1. The molecule has 1 unspecified atom stereocenters. The number of carboxylic acid groups (broad SMARTS) is 1. The first-order valence-corrected chi connectivity index (χ1v) is 6.70. The summed E-state index contributed by atoms with van der Waals surface area (Å²) >= 11 is 0. The van der Waals surface area contributed by atoms with Crippen LogP contribution in [0, 0.1) is 0 Å². The van der Waals surface area contributed by atoms with Crippen LogP contribution in [0.2, 0.25) is 0 Å². The molecule has 0 amide bonds. The molecule has 0 spiro atoms. The molecule has 1 atom stereocenters. The number of hydrogen-bond donors (Lipinski definition) is 1. The van der Waals surface area contributed by atoms with Gasteiger partial charge in [0, 0.05) is 0 Å². The molecule has 0 saturated heterocycles. The van der Waals surface area contributed by atoms with Gasteiger partial charge in [0.2, 0.25) is 0 Å². The van der Waals surface area contributed by atoms with Gasteiger partial charge >= 0.3 is 5.97 Å². The van der Waals surface area contributed by atoms with E-state index in [2.05, 4.69) is 6.92 Å². The molecule has 0 heterocycles. The van der Waals surface area contributed by atoms with Gasteiger partial charge in [0.1, 0.15) is 6.04 Å². The summed E-state index contributed by atoms with van der Waals surface area (Å²) in [5, 5.41) is 9.47.